The van der Waals surface area contributed by atoms with Crippen molar-refractivity contribution in [3.8, 4) is 5.75 Å². The minimum Gasteiger partial charge on any atom is -0.497 e. The summed E-state index contributed by atoms with van der Waals surface area (Å²) < 4.78 is 16.2. The summed E-state index contributed by atoms with van der Waals surface area (Å²) in [6, 6.07) is 14.1. The van der Waals surface area contributed by atoms with E-state index < -0.39 is 29.0 Å². The lowest BCUT2D eigenvalue weighted by molar-refractivity contribution is -0.158. The van der Waals surface area contributed by atoms with Crippen LogP contribution in [0.15, 0.2) is 54.7 Å². The van der Waals surface area contributed by atoms with E-state index in [-0.39, 0.29) is 13.0 Å². The van der Waals surface area contributed by atoms with E-state index in [0.29, 0.717) is 34.6 Å². The van der Waals surface area contributed by atoms with Gasteiger partial charge in [-0.05, 0) is 76.4 Å². The smallest absolute Gasteiger partial charge is 0.412 e. The number of nitrogens with zero attached hydrogens (tertiary/aromatic N) is 1. The number of esters is 1. The van der Waals surface area contributed by atoms with Gasteiger partial charge in [0.15, 0.2) is 0 Å². The fourth-order valence-electron chi connectivity index (χ4n) is 3.82. The molecule has 1 aromatic heterocycles. The molecule has 3 rings (SSSR count). The van der Waals surface area contributed by atoms with Crippen molar-refractivity contribution < 1.29 is 28.6 Å². The first-order valence-electron chi connectivity index (χ1n) is 12.5. The second-order valence-corrected chi connectivity index (χ2v) is 10.1. The lowest BCUT2D eigenvalue weighted by Gasteiger charge is -2.28. The van der Waals surface area contributed by atoms with Crippen molar-refractivity contribution in [1.29, 1.82) is 0 Å². The SMILES string of the molecule is CCCOC(=O)C(C)(Cc1cc(OC)ccc1NC(=O)OC(C)(C)C)C(=O)Nc1cccc2cccnc12. The van der Waals surface area contributed by atoms with E-state index in [1.54, 1.807) is 57.3 Å². The van der Waals surface area contributed by atoms with Crippen molar-refractivity contribution in [2.75, 3.05) is 24.4 Å². The fourth-order valence-corrected chi connectivity index (χ4v) is 3.82. The number of fused-ring (bicyclic) bond motifs is 1. The van der Waals surface area contributed by atoms with Crippen LogP contribution in [0.25, 0.3) is 10.9 Å². The predicted octanol–water partition coefficient (Wildman–Crippen LogP) is 5.73. The van der Waals surface area contributed by atoms with Crippen molar-refractivity contribution in [2.45, 2.75) is 53.1 Å². The predicted molar refractivity (Wildman–Crippen MR) is 146 cm³/mol. The number of hydrogen-bond acceptors (Lipinski definition) is 7. The molecule has 0 bridgehead atoms. The van der Waals surface area contributed by atoms with Crippen LogP contribution in [0, 0.1) is 5.41 Å². The number of carbonyl (C=O) groups is 3. The van der Waals surface area contributed by atoms with E-state index in [9.17, 15) is 14.4 Å². The molecule has 38 heavy (non-hydrogen) atoms. The number of para-hydroxylation sites is 1. The summed E-state index contributed by atoms with van der Waals surface area (Å²) in [5.41, 5.74) is -0.405. The average Bonchev–Trinajstić information content (AvgIpc) is 2.87. The summed E-state index contributed by atoms with van der Waals surface area (Å²) in [5.74, 6) is -0.753. The highest BCUT2D eigenvalue weighted by atomic mass is 16.6. The first-order valence-corrected chi connectivity index (χ1v) is 12.5. The number of aromatic nitrogens is 1. The van der Waals surface area contributed by atoms with Crippen LogP contribution < -0.4 is 15.4 Å². The monoisotopic (exact) mass is 521 g/mol. The third-order valence-corrected chi connectivity index (χ3v) is 5.76. The topological polar surface area (TPSA) is 116 Å². The van der Waals surface area contributed by atoms with Crippen LogP contribution in [-0.4, -0.2) is 42.3 Å². The number of nitrogens with one attached hydrogen (secondary N) is 2. The van der Waals surface area contributed by atoms with Gasteiger partial charge in [-0.3, -0.25) is 19.9 Å². The van der Waals surface area contributed by atoms with Gasteiger partial charge in [0.05, 0.1) is 24.9 Å². The zero-order valence-electron chi connectivity index (χ0n) is 22.7. The van der Waals surface area contributed by atoms with E-state index in [0.717, 1.165) is 5.39 Å². The number of ether oxygens (including phenoxy) is 3. The molecule has 0 saturated heterocycles. The van der Waals surface area contributed by atoms with Crippen molar-refractivity contribution in [3.63, 3.8) is 0 Å². The van der Waals surface area contributed by atoms with Crippen LogP contribution >= 0.6 is 0 Å². The van der Waals surface area contributed by atoms with Gasteiger partial charge in [0.2, 0.25) is 5.91 Å². The zero-order chi connectivity index (χ0) is 27.9. The average molecular weight is 522 g/mol. The zero-order valence-corrected chi connectivity index (χ0v) is 22.7. The summed E-state index contributed by atoms with van der Waals surface area (Å²) in [6.45, 7) is 8.84. The number of methoxy groups -OCH3 is 1. The Morgan fingerprint density at radius 2 is 1.68 bits per heavy atom. The minimum atomic E-state index is -1.65. The first kappa shape index (κ1) is 28.4. The Labute approximate surface area is 222 Å². The lowest BCUT2D eigenvalue weighted by atomic mass is 9.81. The maximum absolute atomic E-state index is 13.8. The Morgan fingerprint density at radius 1 is 0.947 bits per heavy atom. The van der Waals surface area contributed by atoms with Crippen LogP contribution in [-0.2, 0) is 25.5 Å². The highest BCUT2D eigenvalue weighted by Crippen LogP contribution is 2.33. The van der Waals surface area contributed by atoms with Gasteiger partial charge in [0.1, 0.15) is 16.8 Å². The van der Waals surface area contributed by atoms with E-state index >= 15 is 0 Å². The standard InChI is InChI=1S/C29H35N3O6/c1-7-16-37-26(34)29(5,25(33)31-23-12-8-10-19-11-9-15-30-24(19)23)18-20-17-21(36-6)13-14-22(20)32-27(35)38-28(2,3)4/h8-15,17H,7,16,18H2,1-6H3,(H,31,33)(H,32,35). The summed E-state index contributed by atoms with van der Waals surface area (Å²) in [5, 5.41) is 6.45. The van der Waals surface area contributed by atoms with Crippen LogP contribution in [0.5, 0.6) is 5.75 Å². The van der Waals surface area contributed by atoms with Gasteiger partial charge < -0.3 is 19.5 Å². The van der Waals surface area contributed by atoms with Crippen LogP contribution in [0.4, 0.5) is 16.2 Å². The molecule has 9 heteroatoms. The molecule has 0 saturated carbocycles. The molecule has 2 amide bonds. The second-order valence-electron chi connectivity index (χ2n) is 10.1. The first-order chi connectivity index (χ1) is 18.0. The normalized spacial score (nSPS) is 12.8. The number of pyridine rings is 1. The van der Waals surface area contributed by atoms with Gasteiger partial charge in [0.25, 0.3) is 0 Å². The molecule has 1 heterocycles. The number of anilines is 2. The third-order valence-electron chi connectivity index (χ3n) is 5.76. The van der Waals surface area contributed by atoms with E-state index in [1.807, 2.05) is 25.1 Å². The highest BCUT2D eigenvalue weighted by molar-refractivity contribution is 6.11. The van der Waals surface area contributed by atoms with Gasteiger partial charge in [-0.1, -0.05) is 25.1 Å². The Bertz CT molecular complexity index is 1310. The molecule has 9 nitrogen and oxygen atoms in total. The van der Waals surface area contributed by atoms with Crippen molar-refractivity contribution in [1.82, 2.24) is 4.98 Å². The molecule has 1 atom stereocenters. The summed E-state index contributed by atoms with van der Waals surface area (Å²) in [7, 11) is 1.51. The highest BCUT2D eigenvalue weighted by Gasteiger charge is 2.44. The summed E-state index contributed by atoms with van der Waals surface area (Å²) in [4.78, 5) is 44.1. The van der Waals surface area contributed by atoms with E-state index in [2.05, 4.69) is 15.6 Å². The molecule has 0 aliphatic rings. The van der Waals surface area contributed by atoms with Gasteiger partial charge in [0, 0.05) is 17.3 Å². The minimum absolute atomic E-state index is 0.0814. The maximum atomic E-state index is 13.8. The number of rotatable bonds is 9. The molecule has 202 valence electrons. The molecular formula is C29H35N3O6. The Balaban J connectivity index is 2.00. The Hall–Kier alpha value is -4.14. The van der Waals surface area contributed by atoms with Crippen molar-refractivity contribution in [3.05, 3.63) is 60.3 Å². The summed E-state index contributed by atoms with van der Waals surface area (Å²) in [6.07, 6.45) is 1.49. The third kappa shape index (κ3) is 7.00. The van der Waals surface area contributed by atoms with Gasteiger partial charge in [-0.25, -0.2) is 4.79 Å². The summed E-state index contributed by atoms with van der Waals surface area (Å²) >= 11 is 0. The Morgan fingerprint density at radius 3 is 2.37 bits per heavy atom. The molecule has 2 N–H and O–H groups in total. The number of carbonyl (C=O) groups excluding carboxylic acids is 3. The molecule has 0 aliphatic carbocycles. The quantitative estimate of drug-likeness (QED) is 0.273. The van der Waals surface area contributed by atoms with Gasteiger partial charge in [-0.2, -0.15) is 0 Å². The number of amides is 2. The van der Waals surface area contributed by atoms with E-state index in [1.165, 1.54) is 14.0 Å². The molecule has 0 spiro atoms. The molecule has 0 radical (unpaired) electrons. The van der Waals surface area contributed by atoms with Crippen LogP contribution in [0.1, 0.15) is 46.6 Å². The molecular weight excluding hydrogens is 486 g/mol. The molecule has 0 fully saturated rings. The molecule has 0 aliphatic heterocycles. The van der Waals surface area contributed by atoms with Gasteiger partial charge >= 0.3 is 12.1 Å². The second kappa shape index (κ2) is 11.9. The van der Waals surface area contributed by atoms with E-state index in [4.69, 9.17) is 14.2 Å². The molecule has 2 aromatic carbocycles. The van der Waals surface area contributed by atoms with Crippen LogP contribution in [0.3, 0.4) is 0 Å². The molecule has 1 unspecified atom stereocenters. The lowest BCUT2D eigenvalue weighted by Crippen LogP contribution is -2.44. The van der Waals surface area contributed by atoms with Gasteiger partial charge in [-0.15, -0.1) is 0 Å². The molecule has 3 aromatic rings. The number of hydrogen-bond donors (Lipinski definition) is 2. The Kier molecular flexibility index (Phi) is 8.93. The van der Waals surface area contributed by atoms with Crippen molar-refractivity contribution in [2.24, 2.45) is 5.41 Å². The number of benzene rings is 2. The largest absolute Gasteiger partial charge is 0.497 e. The van der Waals surface area contributed by atoms with Crippen molar-refractivity contribution >= 4 is 40.2 Å². The van der Waals surface area contributed by atoms with Crippen LogP contribution in [0.2, 0.25) is 0 Å². The fraction of sp³-hybridized carbons (Fsp3) is 0.379. The maximum Gasteiger partial charge on any atom is 0.412 e.